The van der Waals surface area contributed by atoms with Crippen molar-refractivity contribution < 1.29 is 9.59 Å². The lowest BCUT2D eigenvalue weighted by Gasteiger charge is -2.27. The zero-order valence-corrected chi connectivity index (χ0v) is 16.8. The Bertz CT molecular complexity index is 887. The molecule has 1 aromatic carbocycles. The summed E-state index contributed by atoms with van der Waals surface area (Å²) < 4.78 is 0. The highest BCUT2D eigenvalue weighted by Crippen LogP contribution is 2.41. The second kappa shape index (κ2) is 8.12. The Balaban J connectivity index is 1.65. The van der Waals surface area contributed by atoms with Crippen molar-refractivity contribution in [3.05, 3.63) is 41.1 Å². The third-order valence-electron chi connectivity index (χ3n) is 5.35. The van der Waals surface area contributed by atoms with Crippen molar-refractivity contribution in [2.24, 2.45) is 0 Å². The summed E-state index contributed by atoms with van der Waals surface area (Å²) in [6.45, 7) is 6.50. The molecule has 1 saturated heterocycles. The summed E-state index contributed by atoms with van der Waals surface area (Å²) in [6.07, 6.45) is 2.46. The van der Waals surface area contributed by atoms with Crippen molar-refractivity contribution in [2.45, 2.75) is 39.3 Å². The Labute approximate surface area is 169 Å². The molecule has 2 aromatic rings. The Morgan fingerprint density at radius 1 is 1.21 bits per heavy atom. The predicted molar refractivity (Wildman–Crippen MR) is 110 cm³/mol. The van der Waals surface area contributed by atoms with Crippen LogP contribution < -0.4 is 21.0 Å². The number of nitrogens with one attached hydrogen (secondary N) is 4. The molecule has 0 radical (unpaired) electrons. The van der Waals surface area contributed by atoms with Gasteiger partial charge in [0.25, 0.3) is 0 Å². The van der Waals surface area contributed by atoms with E-state index in [2.05, 4.69) is 55.4 Å². The van der Waals surface area contributed by atoms with Gasteiger partial charge in [-0.2, -0.15) is 5.10 Å². The molecule has 0 saturated carbocycles. The number of carbonyl (C=O) groups is 2. The highest BCUT2D eigenvalue weighted by molar-refractivity contribution is 5.89. The van der Waals surface area contributed by atoms with Crippen LogP contribution in [-0.4, -0.2) is 46.8 Å². The van der Waals surface area contributed by atoms with E-state index < -0.39 is 0 Å². The molecule has 9 nitrogen and oxygen atoms in total. The number of H-pyrrole nitrogens is 1. The molecule has 9 heteroatoms. The molecule has 1 atom stereocenters. The fourth-order valence-corrected chi connectivity index (χ4v) is 4.11. The number of fused-ring (bicyclic) bond motifs is 1. The molecule has 2 aliphatic heterocycles. The molecule has 2 aliphatic rings. The van der Waals surface area contributed by atoms with Crippen LogP contribution in [0.25, 0.3) is 0 Å². The maximum atomic E-state index is 12.2. The minimum absolute atomic E-state index is 0.172. The molecule has 1 aromatic heterocycles. The first-order valence-corrected chi connectivity index (χ1v) is 10.1. The van der Waals surface area contributed by atoms with Gasteiger partial charge in [0, 0.05) is 37.8 Å². The number of aromatic nitrogens is 2. The summed E-state index contributed by atoms with van der Waals surface area (Å²) in [5, 5.41) is 14.7. The number of benzene rings is 1. The fourth-order valence-electron chi connectivity index (χ4n) is 4.11. The zero-order chi connectivity index (χ0) is 20.4. The first kappa shape index (κ1) is 19.3. The smallest absolute Gasteiger partial charge is 0.329 e. The van der Waals surface area contributed by atoms with E-state index in [0.717, 1.165) is 29.9 Å². The highest BCUT2D eigenvalue weighted by Gasteiger charge is 2.37. The minimum Gasteiger partial charge on any atom is -0.372 e. The highest BCUT2D eigenvalue weighted by atomic mass is 16.2. The molecular formula is C20H27N7O2. The van der Waals surface area contributed by atoms with E-state index >= 15 is 0 Å². The van der Waals surface area contributed by atoms with Gasteiger partial charge in [-0.25, -0.2) is 9.80 Å². The third kappa shape index (κ3) is 3.91. The molecule has 0 aliphatic carbocycles. The number of rotatable bonds is 5. The van der Waals surface area contributed by atoms with E-state index in [1.54, 1.807) is 0 Å². The normalized spacial score (nSPS) is 18.6. The van der Waals surface area contributed by atoms with Crippen molar-refractivity contribution >= 4 is 23.4 Å². The standard InChI is InChI=1S/C20H27N7O2/c1-3-21-20(29)25-27-12-16-17(19(24-23-16)22-13(2)28)18(27)14-6-8-15(9-7-14)26-10-4-5-11-26/h6-9,18H,3-5,10-12H2,1-2H3,(H2,21,25,29)(H2,22,23,24,28). The Morgan fingerprint density at radius 2 is 1.93 bits per heavy atom. The van der Waals surface area contributed by atoms with E-state index in [1.165, 1.54) is 25.5 Å². The van der Waals surface area contributed by atoms with Crippen molar-refractivity contribution in [3.63, 3.8) is 0 Å². The number of urea groups is 1. The van der Waals surface area contributed by atoms with E-state index in [9.17, 15) is 9.59 Å². The topological polar surface area (TPSA) is 105 Å². The number of hydrogen-bond donors (Lipinski definition) is 4. The first-order chi connectivity index (χ1) is 14.1. The molecule has 1 fully saturated rings. The van der Waals surface area contributed by atoms with E-state index in [4.69, 9.17) is 0 Å². The first-order valence-electron chi connectivity index (χ1n) is 10.1. The van der Waals surface area contributed by atoms with Gasteiger partial charge in [0.2, 0.25) is 5.91 Å². The SMILES string of the molecule is CCNC(=O)NN1Cc2n[nH]c(NC(C)=O)c2C1c1ccc(N2CCCC2)cc1. The van der Waals surface area contributed by atoms with E-state index in [1.807, 2.05) is 11.9 Å². The monoisotopic (exact) mass is 397 g/mol. The lowest BCUT2D eigenvalue weighted by Crippen LogP contribution is -2.46. The Hall–Kier alpha value is -3.07. The molecule has 3 heterocycles. The van der Waals surface area contributed by atoms with Gasteiger partial charge in [-0.3, -0.25) is 15.3 Å². The molecule has 29 heavy (non-hydrogen) atoms. The van der Waals surface area contributed by atoms with Crippen LogP contribution in [0.5, 0.6) is 0 Å². The van der Waals surface area contributed by atoms with Gasteiger partial charge in [-0.1, -0.05) is 12.1 Å². The maximum absolute atomic E-state index is 12.2. The molecule has 3 amide bonds. The minimum atomic E-state index is -0.263. The van der Waals surface area contributed by atoms with Crippen LogP contribution in [0, 0.1) is 0 Å². The summed E-state index contributed by atoms with van der Waals surface area (Å²) in [6, 6.07) is 7.92. The predicted octanol–water partition coefficient (Wildman–Crippen LogP) is 2.11. The van der Waals surface area contributed by atoms with Crippen LogP contribution in [0.2, 0.25) is 0 Å². The number of hydrogen-bond acceptors (Lipinski definition) is 5. The summed E-state index contributed by atoms with van der Waals surface area (Å²) >= 11 is 0. The quantitative estimate of drug-likeness (QED) is 0.618. The average molecular weight is 397 g/mol. The molecule has 0 bridgehead atoms. The van der Waals surface area contributed by atoms with E-state index in [-0.39, 0.29) is 18.0 Å². The third-order valence-corrected chi connectivity index (χ3v) is 5.35. The van der Waals surface area contributed by atoms with Crippen LogP contribution in [-0.2, 0) is 11.3 Å². The van der Waals surface area contributed by atoms with Gasteiger partial charge in [-0.15, -0.1) is 0 Å². The Morgan fingerprint density at radius 3 is 2.59 bits per heavy atom. The van der Waals surface area contributed by atoms with Gasteiger partial charge in [0.05, 0.1) is 18.3 Å². The second-order valence-electron chi connectivity index (χ2n) is 7.43. The van der Waals surface area contributed by atoms with Crippen LogP contribution >= 0.6 is 0 Å². The number of carbonyl (C=O) groups excluding carboxylic acids is 2. The van der Waals surface area contributed by atoms with Crippen LogP contribution in [0.1, 0.15) is 49.6 Å². The Kier molecular flexibility index (Phi) is 5.39. The van der Waals surface area contributed by atoms with Gasteiger partial charge < -0.3 is 15.5 Å². The van der Waals surface area contributed by atoms with Gasteiger partial charge in [0.15, 0.2) is 0 Å². The lowest BCUT2D eigenvalue weighted by molar-refractivity contribution is -0.114. The van der Waals surface area contributed by atoms with Crippen LogP contribution in [0.3, 0.4) is 0 Å². The molecule has 154 valence electrons. The summed E-state index contributed by atoms with van der Waals surface area (Å²) in [5.74, 6) is 0.399. The average Bonchev–Trinajstić information content (AvgIpc) is 3.40. The number of aromatic amines is 1. The lowest BCUT2D eigenvalue weighted by atomic mass is 10.0. The van der Waals surface area contributed by atoms with Gasteiger partial charge >= 0.3 is 6.03 Å². The van der Waals surface area contributed by atoms with E-state index in [0.29, 0.717) is 18.9 Å². The molecule has 4 rings (SSSR count). The largest absolute Gasteiger partial charge is 0.372 e. The molecular weight excluding hydrogens is 370 g/mol. The summed E-state index contributed by atoms with van der Waals surface area (Å²) in [5.41, 5.74) is 6.84. The van der Waals surface area contributed by atoms with Crippen molar-refractivity contribution in [2.75, 3.05) is 29.9 Å². The second-order valence-corrected chi connectivity index (χ2v) is 7.43. The van der Waals surface area contributed by atoms with Crippen LogP contribution in [0.4, 0.5) is 16.3 Å². The van der Waals surface area contributed by atoms with Crippen molar-refractivity contribution in [3.8, 4) is 0 Å². The van der Waals surface area contributed by atoms with Gasteiger partial charge in [0.1, 0.15) is 5.82 Å². The molecule has 4 N–H and O–H groups in total. The van der Waals surface area contributed by atoms with Crippen LogP contribution in [0.15, 0.2) is 24.3 Å². The number of anilines is 2. The number of nitrogens with zero attached hydrogens (tertiary/aromatic N) is 3. The van der Waals surface area contributed by atoms with Crippen molar-refractivity contribution in [1.82, 2.24) is 25.9 Å². The summed E-state index contributed by atoms with van der Waals surface area (Å²) in [7, 11) is 0. The molecule has 0 spiro atoms. The number of amides is 3. The number of hydrazine groups is 1. The van der Waals surface area contributed by atoms with Gasteiger partial charge in [-0.05, 0) is 37.5 Å². The van der Waals surface area contributed by atoms with Crippen molar-refractivity contribution in [1.29, 1.82) is 0 Å². The fraction of sp³-hybridized carbons (Fsp3) is 0.450. The zero-order valence-electron chi connectivity index (χ0n) is 16.8. The maximum Gasteiger partial charge on any atom is 0.329 e. The summed E-state index contributed by atoms with van der Waals surface area (Å²) in [4.78, 5) is 26.2. The molecule has 1 unspecified atom stereocenters.